The van der Waals surface area contributed by atoms with E-state index in [0.29, 0.717) is 0 Å². The van der Waals surface area contributed by atoms with Crippen LogP contribution in [0.2, 0.25) is 0 Å². The molecule has 0 spiro atoms. The Labute approximate surface area is 68.6 Å². The van der Waals surface area contributed by atoms with Crippen molar-refractivity contribution in [2.24, 2.45) is 5.41 Å². The molecular weight excluding hydrogens is 142 g/mol. The second kappa shape index (κ2) is 4.70. The average Bonchev–Trinajstić information content (AvgIpc) is 2.00. The number of rotatable bonds is 5. The van der Waals surface area contributed by atoms with Gasteiger partial charge in [-0.15, -0.1) is 0 Å². The van der Waals surface area contributed by atoms with Gasteiger partial charge < -0.3 is 15.1 Å². The first-order valence-electron chi connectivity index (χ1n) is 3.96. The van der Waals surface area contributed by atoms with Gasteiger partial charge in [-0.1, -0.05) is 6.92 Å². The van der Waals surface area contributed by atoms with E-state index in [1.54, 1.807) is 0 Å². The van der Waals surface area contributed by atoms with Crippen LogP contribution in [0.4, 0.5) is 0 Å². The van der Waals surface area contributed by atoms with Crippen LogP contribution in [0, 0.1) is 5.41 Å². The maximum absolute atomic E-state index is 9.04. The molecule has 0 aliphatic rings. The van der Waals surface area contributed by atoms with Crippen LogP contribution in [0.25, 0.3) is 0 Å². The summed E-state index contributed by atoms with van der Waals surface area (Å²) in [5.74, 6) is 0. The minimum atomic E-state index is -0.316. The molecule has 0 aliphatic carbocycles. The first-order valence-corrected chi connectivity index (χ1v) is 3.96. The molecule has 0 bridgehead atoms. The van der Waals surface area contributed by atoms with Crippen molar-refractivity contribution in [2.45, 2.75) is 13.3 Å². The molecule has 0 aromatic carbocycles. The molecule has 0 rings (SSSR count). The lowest BCUT2D eigenvalue weighted by molar-refractivity contribution is 0.0298. The summed E-state index contributed by atoms with van der Waals surface area (Å²) in [6.07, 6.45) is 0.804. The van der Waals surface area contributed by atoms with E-state index in [2.05, 4.69) is 0 Å². The molecule has 0 saturated carbocycles. The van der Waals surface area contributed by atoms with E-state index < -0.39 is 0 Å². The third kappa shape index (κ3) is 3.18. The second-order valence-corrected chi connectivity index (χ2v) is 3.41. The van der Waals surface area contributed by atoms with Gasteiger partial charge in [0.15, 0.2) is 0 Å². The number of hydrogen-bond acceptors (Lipinski definition) is 3. The summed E-state index contributed by atoms with van der Waals surface area (Å²) >= 11 is 0. The molecular formula is C8H19NO2. The predicted octanol–water partition coefficient (Wildman–Crippen LogP) is -0.0710. The molecule has 0 fully saturated rings. The zero-order valence-corrected chi connectivity index (χ0v) is 7.67. The van der Waals surface area contributed by atoms with E-state index in [1.807, 2.05) is 25.9 Å². The van der Waals surface area contributed by atoms with Gasteiger partial charge >= 0.3 is 0 Å². The van der Waals surface area contributed by atoms with Gasteiger partial charge in [-0.2, -0.15) is 0 Å². The van der Waals surface area contributed by atoms with Crippen molar-refractivity contribution in [1.82, 2.24) is 4.90 Å². The summed E-state index contributed by atoms with van der Waals surface area (Å²) in [5.41, 5.74) is -0.316. The van der Waals surface area contributed by atoms with Crippen molar-refractivity contribution in [1.29, 1.82) is 0 Å². The monoisotopic (exact) mass is 161 g/mol. The molecule has 0 aromatic rings. The third-order valence-electron chi connectivity index (χ3n) is 2.07. The van der Waals surface area contributed by atoms with Crippen LogP contribution in [0.1, 0.15) is 13.3 Å². The second-order valence-electron chi connectivity index (χ2n) is 3.41. The fourth-order valence-corrected chi connectivity index (χ4v) is 1.16. The highest BCUT2D eigenvalue weighted by atomic mass is 16.3. The minimum absolute atomic E-state index is 0.0537. The molecule has 0 atom stereocenters. The fourth-order valence-electron chi connectivity index (χ4n) is 1.16. The maximum atomic E-state index is 9.04. The lowest BCUT2D eigenvalue weighted by atomic mass is 9.87. The fraction of sp³-hybridized carbons (Fsp3) is 1.00. The van der Waals surface area contributed by atoms with E-state index in [-0.39, 0.29) is 18.6 Å². The number of nitrogens with zero attached hydrogens (tertiary/aromatic N) is 1. The molecule has 3 nitrogen and oxygen atoms in total. The van der Waals surface area contributed by atoms with Crippen molar-refractivity contribution in [3.05, 3.63) is 0 Å². The van der Waals surface area contributed by atoms with Gasteiger partial charge in [0.2, 0.25) is 0 Å². The molecule has 2 N–H and O–H groups in total. The van der Waals surface area contributed by atoms with Crippen LogP contribution < -0.4 is 0 Å². The van der Waals surface area contributed by atoms with Crippen molar-refractivity contribution < 1.29 is 10.2 Å². The molecule has 11 heavy (non-hydrogen) atoms. The van der Waals surface area contributed by atoms with E-state index in [0.717, 1.165) is 13.0 Å². The Kier molecular flexibility index (Phi) is 4.65. The summed E-state index contributed by atoms with van der Waals surface area (Å²) in [5, 5.41) is 18.1. The summed E-state index contributed by atoms with van der Waals surface area (Å²) in [4.78, 5) is 1.98. The first-order chi connectivity index (χ1) is 5.10. The van der Waals surface area contributed by atoms with Gasteiger partial charge in [0.25, 0.3) is 0 Å². The first kappa shape index (κ1) is 10.9. The topological polar surface area (TPSA) is 43.7 Å². The van der Waals surface area contributed by atoms with Gasteiger partial charge in [-0.25, -0.2) is 0 Å². The molecule has 0 aliphatic heterocycles. The summed E-state index contributed by atoms with van der Waals surface area (Å²) in [6, 6.07) is 0. The highest BCUT2D eigenvalue weighted by Gasteiger charge is 2.26. The lowest BCUT2D eigenvalue weighted by Gasteiger charge is -2.31. The van der Waals surface area contributed by atoms with E-state index >= 15 is 0 Å². The minimum Gasteiger partial charge on any atom is -0.396 e. The van der Waals surface area contributed by atoms with Crippen LogP contribution >= 0.6 is 0 Å². The summed E-state index contributed by atoms with van der Waals surface area (Å²) < 4.78 is 0. The van der Waals surface area contributed by atoms with Crippen LogP contribution in [-0.4, -0.2) is 49.0 Å². The largest absolute Gasteiger partial charge is 0.396 e. The SMILES string of the molecule is CCC(CO)(CO)CN(C)C. The molecule has 0 amide bonds. The number of aliphatic hydroxyl groups is 2. The number of hydrogen-bond donors (Lipinski definition) is 2. The van der Waals surface area contributed by atoms with Crippen LogP contribution in [0.15, 0.2) is 0 Å². The summed E-state index contributed by atoms with van der Waals surface area (Å²) in [7, 11) is 3.88. The third-order valence-corrected chi connectivity index (χ3v) is 2.07. The molecule has 0 heterocycles. The van der Waals surface area contributed by atoms with Crippen molar-refractivity contribution in [3.8, 4) is 0 Å². The van der Waals surface area contributed by atoms with Crippen molar-refractivity contribution in [2.75, 3.05) is 33.9 Å². The molecule has 0 saturated heterocycles. The molecule has 3 heteroatoms. The molecule has 0 aromatic heterocycles. The van der Waals surface area contributed by atoms with Gasteiger partial charge in [0, 0.05) is 12.0 Å². The Bertz CT molecular complexity index is 92.0. The predicted molar refractivity (Wildman–Crippen MR) is 45.4 cm³/mol. The summed E-state index contributed by atoms with van der Waals surface area (Å²) in [6.45, 7) is 2.82. The van der Waals surface area contributed by atoms with Gasteiger partial charge in [-0.05, 0) is 20.5 Å². The molecule has 0 unspecified atom stereocenters. The maximum Gasteiger partial charge on any atom is 0.0521 e. The average molecular weight is 161 g/mol. The Balaban J connectivity index is 4.05. The van der Waals surface area contributed by atoms with E-state index in [9.17, 15) is 0 Å². The van der Waals surface area contributed by atoms with Crippen molar-refractivity contribution >= 4 is 0 Å². The van der Waals surface area contributed by atoms with Crippen LogP contribution in [0.5, 0.6) is 0 Å². The van der Waals surface area contributed by atoms with Gasteiger partial charge in [0.1, 0.15) is 0 Å². The van der Waals surface area contributed by atoms with E-state index in [4.69, 9.17) is 10.2 Å². The quantitative estimate of drug-likeness (QED) is 0.593. The van der Waals surface area contributed by atoms with Crippen LogP contribution in [0.3, 0.4) is 0 Å². The van der Waals surface area contributed by atoms with Gasteiger partial charge in [-0.3, -0.25) is 0 Å². The highest BCUT2D eigenvalue weighted by molar-refractivity contribution is 4.78. The zero-order valence-electron chi connectivity index (χ0n) is 7.67. The highest BCUT2D eigenvalue weighted by Crippen LogP contribution is 2.20. The van der Waals surface area contributed by atoms with Gasteiger partial charge in [0.05, 0.1) is 13.2 Å². The normalized spacial score (nSPS) is 12.5. The Morgan fingerprint density at radius 1 is 1.18 bits per heavy atom. The smallest absolute Gasteiger partial charge is 0.0521 e. The molecule has 68 valence electrons. The van der Waals surface area contributed by atoms with E-state index in [1.165, 1.54) is 0 Å². The van der Waals surface area contributed by atoms with Crippen molar-refractivity contribution in [3.63, 3.8) is 0 Å². The Hall–Kier alpha value is -0.120. The standard InChI is InChI=1S/C8H19NO2/c1-4-8(6-10,7-11)5-9(2)3/h10-11H,4-7H2,1-3H3. The number of aliphatic hydroxyl groups excluding tert-OH is 2. The van der Waals surface area contributed by atoms with Crippen LogP contribution in [-0.2, 0) is 0 Å². The Morgan fingerprint density at radius 2 is 1.64 bits per heavy atom. The Morgan fingerprint density at radius 3 is 1.73 bits per heavy atom. The lowest BCUT2D eigenvalue weighted by Crippen LogP contribution is -2.39. The zero-order chi connectivity index (χ0) is 8.91. The molecule has 0 radical (unpaired) electrons.